The van der Waals surface area contributed by atoms with Crippen molar-refractivity contribution in [3.8, 4) is 11.1 Å². The molecule has 3 aromatic rings. The van der Waals surface area contributed by atoms with E-state index in [0.29, 0.717) is 11.1 Å². The van der Waals surface area contributed by atoms with Crippen LogP contribution in [0.4, 0.5) is 13.2 Å². The molecule has 3 rings (SSSR count). The maximum absolute atomic E-state index is 12.3. The van der Waals surface area contributed by atoms with E-state index in [1.807, 2.05) is 30.3 Å². The van der Waals surface area contributed by atoms with Crippen LogP contribution in [0.15, 0.2) is 77.7 Å². The standard InChI is InChI=1S/C13H9F3NOS.C5H5.Fe/c14-13(15,16)19-9-5-6-10(12(17)18)11(7-9)8-3-1-2-4-8;1-2-4-5-3-1;/h1-7H,(H2,17,18);1-5H;/q-1;-5;. The smallest absolute Gasteiger partial charge is 0.445 e. The Balaban J connectivity index is 0.000000448. The molecule has 25 heavy (non-hydrogen) atoms. The van der Waals surface area contributed by atoms with E-state index in [9.17, 15) is 18.0 Å². The minimum absolute atomic E-state index is 0. The van der Waals surface area contributed by atoms with E-state index in [-0.39, 0.29) is 39.3 Å². The summed E-state index contributed by atoms with van der Waals surface area (Å²) in [4.78, 5) is 11.3. The molecule has 2 N–H and O–H groups in total. The van der Waals surface area contributed by atoms with Crippen molar-refractivity contribution in [3.63, 3.8) is 0 Å². The van der Waals surface area contributed by atoms with Crippen LogP contribution >= 0.6 is 11.8 Å². The van der Waals surface area contributed by atoms with E-state index in [1.54, 1.807) is 24.3 Å². The summed E-state index contributed by atoms with van der Waals surface area (Å²) in [6, 6.07) is 20.8. The first-order valence-electron chi connectivity index (χ1n) is 6.95. The quantitative estimate of drug-likeness (QED) is 0.371. The van der Waals surface area contributed by atoms with Crippen LogP contribution in [0.5, 0.6) is 0 Å². The van der Waals surface area contributed by atoms with Gasteiger partial charge in [0.15, 0.2) is 0 Å². The van der Waals surface area contributed by atoms with Gasteiger partial charge in [-0.25, -0.2) is 0 Å². The summed E-state index contributed by atoms with van der Waals surface area (Å²) in [5.74, 6) is -0.667. The van der Waals surface area contributed by atoms with Gasteiger partial charge in [0, 0.05) is 17.1 Å². The number of carbonyl (C=O) groups is 1. The van der Waals surface area contributed by atoms with Gasteiger partial charge in [-0.2, -0.15) is 25.3 Å². The van der Waals surface area contributed by atoms with Gasteiger partial charge in [-0.05, 0) is 22.2 Å². The van der Waals surface area contributed by atoms with Gasteiger partial charge in [0.2, 0.25) is 5.91 Å². The van der Waals surface area contributed by atoms with Gasteiger partial charge in [-0.15, -0.1) is 23.8 Å². The molecule has 0 unspecified atom stereocenters. The molecule has 0 bridgehead atoms. The monoisotopic (exact) mass is 405 g/mol. The van der Waals surface area contributed by atoms with Crippen LogP contribution in [-0.2, 0) is 17.1 Å². The first kappa shape index (κ1) is 21.1. The Hall–Kier alpha value is -1.95. The van der Waals surface area contributed by atoms with Crippen molar-refractivity contribution in [2.75, 3.05) is 0 Å². The second-order valence-corrected chi connectivity index (χ2v) is 5.89. The molecule has 0 fully saturated rings. The molecule has 0 saturated heterocycles. The fraction of sp³-hybridized carbons (Fsp3) is 0.0556. The summed E-state index contributed by atoms with van der Waals surface area (Å²) in [6.45, 7) is 0. The Morgan fingerprint density at radius 3 is 2.00 bits per heavy atom. The predicted molar refractivity (Wildman–Crippen MR) is 89.9 cm³/mol. The molecule has 1 amide bonds. The van der Waals surface area contributed by atoms with Gasteiger partial charge in [0.1, 0.15) is 0 Å². The van der Waals surface area contributed by atoms with Gasteiger partial charge >= 0.3 is 5.51 Å². The maximum Gasteiger partial charge on any atom is 0.445 e. The van der Waals surface area contributed by atoms with Gasteiger partial charge in [0.25, 0.3) is 0 Å². The zero-order chi connectivity index (χ0) is 17.6. The molecule has 0 spiro atoms. The molecule has 0 heterocycles. The number of halogens is 3. The predicted octanol–water partition coefficient (Wildman–Crippen LogP) is 5.19. The van der Waals surface area contributed by atoms with Crippen molar-refractivity contribution >= 4 is 17.7 Å². The third-order valence-electron chi connectivity index (χ3n) is 3.02. The maximum atomic E-state index is 12.3. The number of rotatable bonds is 3. The number of primary amides is 1. The molecule has 2 nitrogen and oxygen atoms in total. The summed E-state index contributed by atoms with van der Waals surface area (Å²) < 4.78 is 37.0. The molecule has 3 aromatic carbocycles. The van der Waals surface area contributed by atoms with Crippen molar-refractivity contribution in [3.05, 3.63) is 78.4 Å². The molecule has 0 aliphatic rings. The number of hydrogen-bond acceptors (Lipinski definition) is 2. The molecule has 7 heteroatoms. The Kier molecular flexibility index (Phi) is 8.02. The number of carbonyl (C=O) groups excluding carboxylic acids is 1. The van der Waals surface area contributed by atoms with E-state index in [0.717, 1.165) is 0 Å². The van der Waals surface area contributed by atoms with Crippen LogP contribution in [0, 0.1) is 0 Å². The minimum atomic E-state index is -4.36. The summed E-state index contributed by atoms with van der Waals surface area (Å²) in [7, 11) is 0. The van der Waals surface area contributed by atoms with Gasteiger partial charge in [-0.3, -0.25) is 4.79 Å². The minimum Gasteiger partial charge on any atom is -0.748 e. The van der Waals surface area contributed by atoms with Crippen LogP contribution in [0.25, 0.3) is 11.1 Å². The van der Waals surface area contributed by atoms with Crippen molar-refractivity contribution in [2.24, 2.45) is 5.73 Å². The molecule has 0 aromatic heterocycles. The van der Waals surface area contributed by atoms with E-state index in [2.05, 4.69) is 0 Å². The largest absolute Gasteiger partial charge is 0.748 e. The molecular formula is C18H14F3FeNOS-6. The van der Waals surface area contributed by atoms with Crippen LogP contribution in [0.3, 0.4) is 0 Å². The third-order valence-corrected chi connectivity index (χ3v) is 3.74. The van der Waals surface area contributed by atoms with Crippen LogP contribution in [0.1, 0.15) is 10.4 Å². The van der Waals surface area contributed by atoms with E-state index in [4.69, 9.17) is 5.73 Å². The number of hydrogen-bond donors (Lipinski definition) is 1. The number of amides is 1. The zero-order valence-electron chi connectivity index (χ0n) is 12.8. The van der Waals surface area contributed by atoms with Crippen molar-refractivity contribution in [1.29, 1.82) is 0 Å². The van der Waals surface area contributed by atoms with Crippen LogP contribution in [-0.4, -0.2) is 11.4 Å². The van der Waals surface area contributed by atoms with Gasteiger partial charge in [0.05, 0.1) is 0 Å². The number of thioether (sulfide) groups is 1. The van der Waals surface area contributed by atoms with Crippen LogP contribution in [0.2, 0.25) is 0 Å². The Morgan fingerprint density at radius 1 is 1.04 bits per heavy atom. The molecular weight excluding hydrogens is 391 g/mol. The topological polar surface area (TPSA) is 43.1 Å². The van der Waals surface area contributed by atoms with E-state index >= 15 is 0 Å². The van der Waals surface area contributed by atoms with Crippen molar-refractivity contribution in [2.45, 2.75) is 10.4 Å². The Morgan fingerprint density at radius 2 is 1.56 bits per heavy atom. The SMILES string of the molecule is NC(=O)c1ccc(SC(F)(F)F)cc1-[c-]1cccc1.[Fe].[cH-]1[cH-][cH-][cH-][cH-]1. The first-order chi connectivity index (χ1) is 11.4. The molecule has 0 atom stereocenters. The normalized spacial score (nSPS) is 10.4. The molecule has 0 saturated carbocycles. The number of benzene rings is 1. The first-order valence-corrected chi connectivity index (χ1v) is 7.77. The Labute approximate surface area is 158 Å². The number of nitrogens with two attached hydrogens (primary N) is 1. The summed E-state index contributed by atoms with van der Waals surface area (Å²) in [5.41, 5.74) is 2.15. The Bertz CT molecular complexity index is 751. The van der Waals surface area contributed by atoms with Gasteiger partial charge < -0.3 is 36.1 Å². The van der Waals surface area contributed by atoms with Crippen LogP contribution < -0.4 is 5.73 Å². The van der Waals surface area contributed by atoms with E-state index < -0.39 is 11.4 Å². The third kappa shape index (κ3) is 6.82. The number of alkyl halides is 3. The van der Waals surface area contributed by atoms with Crippen molar-refractivity contribution in [1.82, 2.24) is 0 Å². The van der Waals surface area contributed by atoms with E-state index in [1.165, 1.54) is 18.2 Å². The van der Waals surface area contributed by atoms with Crippen molar-refractivity contribution < 1.29 is 35.0 Å². The average Bonchev–Trinajstić information content (AvgIpc) is 3.21. The molecule has 0 radical (unpaired) electrons. The molecule has 0 aliphatic carbocycles. The molecule has 138 valence electrons. The summed E-state index contributed by atoms with van der Waals surface area (Å²) in [6.07, 6.45) is 0. The molecule has 0 aliphatic heterocycles. The fourth-order valence-corrected chi connectivity index (χ4v) is 2.63. The zero-order valence-corrected chi connectivity index (χ0v) is 14.7. The average molecular weight is 405 g/mol. The summed E-state index contributed by atoms with van der Waals surface area (Å²) >= 11 is -0.220. The second kappa shape index (κ2) is 9.51. The summed E-state index contributed by atoms with van der Waals surface area (Å²) in [5, 5.41) is 0. The fourth-order valence-electron chi connectivity index (χ4n) is 2.05. The second-order valence-electron chi connectivity index (χ2n) is 4.76. The van der Waals surface area contributed by atoms with Gasteiger partial charge in [-0.1, -0.05) is 17.7 Å².